The van der Waals surface area contributed by atoms with Gasteiger partial charge in [-0.3, -0.25) is 0 Å². The van der Waals surface area contributed by atoms with Gasteiger partial charge in [0.2, 0.25) is 10.0 Å². The van der Waals surface area contributed by atoms with Gasteiger partial charge < -0.3 is 15.5 Å². The minimum absolute atomic E-state index is 0.308. The van der Waals surface area contributed by atoms with Gasteiger partial charge in [-0.1, -0.05) is 25.1 Å². The summed E-state index contributed by atoms with van der Waals surface area (Å²) in [6.07, 6.45) is 3.66. The van der Waals surface area contributed by atoms with Crippen LogP contribution in [0.5, 0.6) is 0 Å². The monoisotopic (exact) mass is 423 g/mol. The molecule has 2 rings (SSSR count). The van der Waals surface area contributed by atoms with Crippen molar-refractivity contribution in [3.05, 3.63) is 29.8 Å². The lowest BCUT2D eigenvalue weighted by Gasteiger charge is -2.30. The fourth-order valence-corrected chi connectivity index (χ4v) is 4.49. The van der Waals surface area contributed by atoms with Crippen molar-refractivity contribution in [1.82, 2.24) is 19.8 Å². The van der Waals surface area contributed by atoms with Crippen molar-refractivity contribution in [2.24, 2.45) is 10.9 Å². The molecule has 1 aliphatic heterocycles. The highest BCUT2D eigenvalue weighted by molar-refractivity contribution is 7.89. The van der Waals surface area contributed by atoms with Crippen molar-refractivity contribution in [1.29, 1.82) is 0 Å². The van der Waals surface area contributed by atoms with Crippen LogP contribution in [-0.4, -0.2) is 70.4 Å². The first kappa shape index (κ1) is 23.6. The summed E-state index contributed by atoms with van der Waals surface area (Å²) in [4.78, 5) is 7.45. The lowest BCUT2D eigenvalue weighted by atomic mass is 9.99. The Morgan fingerprint density at radius 3 is 2.55 bits per heavy atom. The van der Waals surface area contributed by atoms with Gasteiger partial charge in [0.15, 0.2) is 5.96 Å². The molecule has 8 heteroatoms. The smallest absolute Gasteiger partial charge is 0.242 e. The third-order valence-electron chi connectivity index (χ3n) is 5.30. The van der Waals surface area contributed by atoms with E-state index in [1.54, 1.807) is 26.2 Å². The van der Waals surface area contributed by atoms with E-state index in [0.717, 1.165) is 37.9 Å². The molecule has 1 aromatic rings. The van der Waals surface area contributed by atoms with E-state index in [1.165, 1.54) is 30.2 Å². The number of likely N-dealkylation sites (tertiary alicyclic amines) is 1. The van der Waals surface area contributed by atoms with Gasteiger partial charge >= 0.3 is 0 Å². The zero-order chi connectivity index (χ0) is 21.3. The summed E-state index contributed by atoms with van der Waals surface area (Å²) in [6.45, 7) is 9.77. The molecule has 164 valence electrons. The third kappa shape index (κ3) is 7.28. The maximum atomic E-state index is 12.5. The van der Waals surface area contributed by atoms with Crippen LogP contribution in [0.25, 0.3) is 0 Å². The minimum Gasteiger partial charge on any atom is -0.357 e. The topological polar surface area (TPSA) is 77.0 Å². The lowest BCUT2D eigenvalue weighted by Crippen LogP contribution is -2.39. The van der Waals surface area contributed by atoms with Gasteiger partial charge in [-0.25, -0.2) is 17.7 Å². The van der Waals surface area contributed by atoms with E-state index < -0.39 is 10.0 Å². The molecular weight excluding hydrogens is 386 g/mol. The second-order valence-corrected chi connectivity index (χ2v) is 10.0. The Bertz CT molecular complexity index is 756. The van der Waals surface area contributed by atoms with Crippen molar-refractivity contribution < 1.29 is 8.42 Å². The summed E-state index contributed by atoms with van der Waals surface area (Å²) in [6, 6.07) is 7.05. The van der Waals surface area contributed by atoms with Crippen LogP contribution in [0.1, 0.15) is 38.7 Å². The zero-order valence-electron chi connectivity index (χ0n) is 18.3. The van der Waals surface area contributed by atoms with E-state index >= 15 is 0 Å². The molecule has 1 saturated heterocycles. The Labute approximate surface area is 176 Å². The summed E-state index contributed by atoms with van der Waals surface area (Å²) in [5, 5.41) is 6.62. The van der Waals surface area contributed by atoms with Crippen molar-refractivity contribution in [3.63, 3.8) is 0 Å². The minimum atomic E-state index is -3.49. The molecule has 0 aromatic heterocycles. The molecule has 2 N–H and O–H groups in total. The molecule has 0 radical (unpaired) electrons. The van der Waals surface area contributed by atoms with Crippen molar-refractivity contribution in [3.8, 4) is 0 Å². The van der Waals surface area contributed by atoms with Crippen molar-refractivity contribution in [2.75, 3.05) is 46.8 Å². The van der Waals surface area contributed by atoms with Gasteiger partial charge in [-0.05, 0) is 63.4 Å². The normalized spacial score (nSPS) is 16.9. The Balaban J connectivity index is 1.92. The van der Waals surface area contributed by atoms with E-state index in [9.17, 15) is 8.42 Å². The molecule has 0 unspecified atom stereocenters. The highest BCUT2D eigenvalue weighted by atomic mass is 32.2. The van der Waals surface area contributed by atoms with Crippen LogP contribution in [0.15, 0.2) is 34.2 Å². The molecule has 0 aliphatic carbocycles. The maximum absolute atomic E-state index is 12.5. The SMILES string of the molecule is CCNC(=NCc1ccccc1S(=O)(=O)N(C)C)NCCCN1CCC(C)CC1. The average molecular weight is 424 g/mol. The number of nitrogens with zero attached hydrogens (tertiary/aromatic N) is 3. The number of hydrogen-bond donors (Lipinski definition) is 2. The van der Waals surface area contributed by atoms with Gasteiger partial charge in [0, 0.05) is 27.2 Å². The van der Waals surface area contributed by atoms with Crippen LogP contribution in [-0.2, 0) is 16.6 Å². The Kier molecular flexibility index (Phi) is 9.39. The summed E-state index contributed by atoms with van der Waals surface area (Å²) in [5.41, 5.74) is 0.695. The van der Waals surface area contributed by atoms with Crippen LogP contribution >= 0.6 is 0 Å². The molecule has 29 heavy (non-hydrogen) atoms. The number of sulfonamides is 1. The summed E-state index contributed by atoms with van der Waals surface area (Å²) in [7, 11) is -0.396. The predicted octanol–water partition coefficient (Wildman–Crippen LogP) is 2.11. The average Bonchev–Trinajstić information content (AvgIpc) is 2.70. The fraction of sp³-hybridized carbons (Fsp3) is 0.667. The van der Waals surface area contributed by atoms with Gasteiger partial charge in [0.25, 0.3) is 0 Å². The number of guanidine groups is 1. The predicted molar refractivity (Wildman–Crippen MR) is 120 cm³/mol. The molecular formula is C21H37N5O2S. The first-order valence-corrected chi connectivity index (χ1v) is 12.0. The molecule has 7 nitrogen and oxygen atoms in total. The number of benzene rings is 1. The second kappa shape index (κ2) is 11.5. The van der Waals surface area contributed by atoms with Crippen LogP contribution in [0, 0.1) is 5.92 Å². The number of nitrogens with one attached hydrogen (secondary N) is 2. The Morgan fingerprint density at radius 2 is 1.90 bits per heavy atom. The number of rotatable bonds is 9. The van der Waals surface area contributed by atoms with E-state index in [2.05, 4.69) is 27.4 Å². The first-order valence-electron chi connectivity index (χ1n) is 10.6. The van der Waals surface area contributed by atoms with Crippen LogP contribution in [0.4, 0.5) is 0 Å². The van der Waals surface area contributed by atoms with Crippen molar-refractivity contribution >= 4 is 16.0 Å². The Morgan fingerprint density at radius 1 is 1.21 bits per heavy atom. The molecule has 1 heterocycles. The fourth-order valence-electron chi connectivity index (χ4n) is 3.38. The standard InChI is InChI=1S/C21H37N5O2S/c1-5-22-21(23-13-8-14-26-15-11-18(2)12-16-26)24-17-19-9-6-7-10-20(19)29(27,28)25(3)4/h6-7,9-10,18H,5,8,11-17H2,1-4H3,(H2,22,23,24). The molecule has 1 fully saturated rings. The van der Waals surface area contributed by atoms with Gasteiger partial charge in [0.1, 0.15) is 0 Å². The quantitative estimate of drug-likeness (QED) is 0.361. The van der Waals surface area contributed by atoms with Crippen LogP contribution in [0.2, 0.25) is 0 Å². The number of hydrogen-bond acceptors (Lipinski definition) is 4. The van der Waals surface area contributed by atoms with Gasteiger partial charge in [-0.15, -0.1) is 0 Å². The molecule has 0 saturated carbocycles. The zero-order valence-corrected chi connectivity index (χ0v) is 19.1. The van der Waals surface area contributed by atoms with E-state index in [1.807, 2.05) is 19.1 Å². The summed E-state index contributed by atoms with van der Waals surface area (Å²) in [5.74, 6) is 1.58. The summed E-state index contributed by atoms with van der Waals surface area (Å²) >= 11 is 0. The molecule has 0 atom stereocenters. The van der Waals surface area contributed by atoms with E-state index in [-0.39, 0.29) is 0 Å². The largest absolute Gasteiger partial charge is 0.357 e. The molecule has 1 aliphatic rings. The van der Waals surface area contributed by atoms with Crippen molar-refractivity contribution in [2.45, 2.75) is 44.6 Å². The lowest BCUT2D eigenvalue weighted by molar-refractivity contribution is 0.191. The highest BCUT2D eigenvalue weighted by Crippen LogP contribution is 2.19. The van der Waals surface area contributed by atoms with Gasteiger partial charge in [-0.2, -0.15) is 0 Å². The number of aliphatic imine (C=N–C) groups is 1. The highest BCUT2D eigenvalue weighted by Gasteiger charge is 2.20. The molecule has 0 spiro atoms. The molecule has 0 amide bonds. The molecule has 1 aromatic carbocycles. The Hall–Kier alpha value is -1.64. The third-order valence-corrected chi connectivity index (χ3v) is 7.22. The van der Waals surface area contributed by atoms with E-state index in [4.69, 9.17) is 0 Å². The second-order valence-electron chi connectivity index (χ2n) is 7.89. The summed E-state index contributed by atoms with van der Waals surface area (Å²) < 4.78 is 26.3. The number of piperidine rings is 1. The van der Waals surface area contributed by atoms with Crippen LogP contribution < -0.4 is 10.6 Å². The maximum Gasteiger partial charge on any atom is 0.242 e. The van der Waals surface area contributed by atoms with E-state index in [0.29, 0.717) is 17.0 Å². The molecule has 0 bridgehead atoms. The van der Waals surface area contributed by atoms with Gasteiger partial charge in [0.05, 0.1) is 11.4 Å². The first-order chi connectivity index (χ1) is 13.8. The van der Waals surface area contributed by atoms with Crippen LogP contribution in [0.3, 0.4) is 0 Å².